The van der Waals surface area contributed by atoms with Crippen molar-refractivity contribution in [1.29, 1.82) is 0 Å². The Bertz CT molecular complexity index is 1100. The molecule has 30 heavy (non-hydrogen) atoms. The maximum atomic E-state index is 12.4. The average molecular weight is 626 g/mol. The van der Waals surface area contributed by atoms with E-state index in [4.69, 9.17) is 9.47 Å². The molecule has 0 aliphatic rings. The summed E-state index contributed by atoms with van der Waals surface area (Å²) in [5.41, 5.74) is 4.14. The molecule has 8 heteroatoms. The van der Waals surface area contributed by atoms with Crippen LogP contribution in [0.25, 0.3) is 0 Å². The van der Waals surface area contributed by atoms with Crippen LogP contribution in [0.1, 0.15) is 26.3 Å². The van der Waals surface area contributed by atoms with Gasteiger partial charge < -0.3 is 9.47 Å². The third-order valence-electron chi connectivity index (χ3n) is 3.92. The van der Waals surface area contributed by atoms with Crippen LogP contribution in [0.4, 0.5) is 0 Å². The Morgan fingerprint density at radius 3 is 2.40 bits per heavy atom. The van der Waals surface area contributed by atoms with Gasteiger partial charge in [-0.1, -0.05) is 24.3 Å². The molecule has 0 radical (unpaired) electrons. The average Bonchev–Trinajstić information content (AvgIpc) is 2.75. The third-order valence-corrected chi connectivity index (χ3v) is 5.39. The molecule has 0 fully saturated rings. The molecule has 1 amide bonds. The summed E-state index contributed by atoms with van der Waals surface area (Å²) >= 11 is 4.20. The van der Waals surface area contributed by atoms with Crippen molar-refractivity contribution in [3.63, 3.8) is 0 Å². The Balaban J connectivity index is 1.74. The SMILES string of the molecule is COc1cc(/C=N\NC(=O)c2cccc(I)c2)cc(I)c1OC(=O)c1ccccc1. The number of carbonyl (C=O) groups is 2. The number of rotatable bonds is 6. The number of ether oxygens (including phenoxy) is 2. The monoisotopic (exact) mass is 626 g/mol. The van der Waals surface area contributed by atoms with Gasteiger partial charge in [0, 0.05) is 9.13 Å². The summed E-state index contributed by atoms with van der Waals surface area (Å²) in [6.07, 6.45) is 1.50. The largest absolute Gasteiger partial charge is 0.493 e. The normalized spacial score (nSPS) is 10.6. The minimum atomic E-state index is -0.474. The van der Waals surface area contributed by atoms with E-state index in [-0.39, 0.29) is 5.91 Å². The van der Waals surface area contributed by atoms with Crippen molar-refractivity contribution < 1.29 is 19.1 Å². The smallest absolute Gasteiger partial charge is 0.343 e. The summed E-state index contributed by atoms with van der Waals surface area (Å²) < 4.78 is 12.5. The van der Waals surface area contributed by atoms with Crippen LogP contribution in [0.5, 0.6) is 11.5 Å². The van der Waals surface area contributed by atoms with Crippen LogP contribution in [0.2, 0.25) is 0 Å². The van der Waals surface area contributed by atoms with E-state index < -0.39 is 5.97 Å². The number of halogens is 2. The van der Waals surface area contributed by atoms with E-state index in [0.29, 0.717) is 31.8 Å². The molecule has 0 unspecified atom stereocenters. The van der Waals surface area contributed by atoms with Crippen LogP contribution in [0, 0.1) is 7.14 Å². The molecule has 3 aromatic rings. The highest BCUT2D eigenvalue weighted by molar-refractivity contribution is 14.1. The van der Waals surface area contributed by atoms with E-state index in [0.717, 1.165) is 3.57 Å². The van der Waals surface area contributed by atoms with Gasteiger partial charge in [-0.3, -0.25) is 4.79 Å². The highest BCUT2D eigenvalue weighted by Gasteiger charge is 2.16. The van der Waals surface area contributed by atoms with Gasteiger partial charge in [0.05, 0.1) is 22.5 Å². The maximum Gasteiger partial charge on any atom is 0.343 e. The maximum absolute atomic E-state index is 12.4. The van der Waals surface area contributed by atoms with Gasteiger partial charge >= 0.3 is 5.97 Å². The highest BCUT2D eigenvalue weighted by atomic mass is 127. The van der Waals surface area contributed by atoms with Gasteiger partial charge in [-0.25, -0.2) is 10.2 Å². The number of hydrazone groups is 1. The topological polar surface area (TPSA) is 77.0 Å². The van der Waals surface area contributed by atoms with Crippen molar-refractivity contribution in [2.45, 2.75) is 0 Å². The van der Waals surface area contributed by atoms with E-state index in [1.54, 1.807) is 48.5 Å². The minimum Gasteiger partial charge on any atom is -0.493 e. The number of hydrogen-bond acceptors (Lipinski definition) is 5. The number of benzene rings is 3. The highest BCUT2D eigenvalue weighted by Crippen LogP contribution is 2.34. The second-order valence-electron chi connectivity index (χ2n) is 6.00. The Labute approximate surface area is 200 Å². The minimum absolute atomic E-state index is 0.306. The van der Waals surface area contributed by atoms with E-state index in [1.807, 2.05) is 18.2 Å². The predicted octanol–water partition coefficient (Wildman–Crippen LogP) is 4.89. The lowest BCUT2D eigenvalue weighted by molar-refractivity contribution is 0.0728. The van der Waals surface area contributed by atoms with E-state index in [2.05, 4.69) is 55.7 Å². The first-order chi connectivity index (χ1) is 14.5. The zero-order chi connectivity index (χ0) is 21.5. The summed E-state index contributed by atoms with van der Waals surface area (Å²) in [4.78, 5) is 24.5. The van der Waals surface area contributed by atoms with Gasteiger partial charge in [0.1, 0.15) is 0 Å². The van der Waals surface area contributed by atoms with Gasteiger partial charge in [0.15, 0.2) is 11.5 Å². The molecule has 3 aromatic carbocycles. The lowest BCUT2D eigenvalue weighted by Crippen LogP contribution is -2.17. The van der Waals surface area contributed by atoms with Crippen LogP contribution in [-0.2, 0) is 0 Å². The molecule has 0 spiro atoms. The number of amides is 1. The molecule has 0 aromatic heterocycles. The molecule has 0 atom stereocenters. The van der Waals surface area contributed by atoms with Crippen molar-refractivity contribution in [1.82, 2.24) is 5.43 Å². The summed E-state index contributed by atoms with van der Waals surface area (Å²) in [6, 6.07) is 19.4. The predicted molar refractivity (Wildman–Crippen MR) is 131 cm³/mol. The van der Waals surface area contributed by atoms with E-state index in [1.165, 1.54) is 13.3 Å². The van der Waals surface area contributed by atoms with Crippen LogP contribution in [-0.4, -0.2) is 25.2 Å². The molecule has 0 saturated carbocycles. The van der Waals surface area contributed by atoms with E-state index in [9.17, 15) is 9.59 Å². The fourth-order valence-corrected chi connectivity index (χ4v) is 3.78. The molecular formula is C22H16I2N2O4. The first-order valence-electron chi connectivity index (χ1n) is 8.71. The number of carbonyl (C=O) groups excluding carboxylic acids is 2. The van der Waals surface area contributed by atoms with Crippen LogP contribution in [0.15, 0.2) is 71.8 Å². The molecule has 0 saturated heterocycles. The summed E-state index contributed by atoms with van der Waals surface area (Å²) in [5, 5.41) is 4.01. The third kappa shape index (κ3) is 5.79. The van der Waals surface area contributed by atoms with Crippen molar-refractivity contribution in [2.24, 2.45) is 5.10 Å². The first kappa shape index (κ1) is 22.2. The van der Waals surface area contributed by atoms with Gasteiger partial charge in [0.25, 0.3) is 5.91 Å². The Morgan fingerprint density at radius 2 is 1.70 bits per heavy atom. The Morgan fingerprint density at radius 1 is 0.967 bits per heavy atom. The molecule has 1 N–H and O–H groups in total. The number of esters is 1. The van der Waals surface area contributed by atoms with Gasteiger partial charge in [0.2, 0.25) is 0 Å². The zero-order valence-corrected chi connectivity index (χ0v) is 20.1. The van der Waals surface area contributed by atoms with Gasteiger partial charge in [-0.2, -0.15) is 5.10 Å². The Kier molecular flexibility index (Phi) is 7.80. The number of methoxy groups -OCH3 is 1. The molecule has 0 aliphatic carbocycles. The molecule has 3 rings (SSSR count). The van der Waals surface area contributed by atoms with E-state index >= 15 is 0 Å². The summed E-state index contributed by atoms with van der Waals surface area (Å²) in [6.45, 7) is 0. The van der Waals surface area contributed by atoms with Crippen molar-refractivity contribution in [3.8, 4) is 11.5 Å². The summed E-state index contributed by atoms with van der Waals surface area (Å²) in [7, 11) is 1.49. The van der Waals surface area contributed by atoms with Gasteiger partial charge in [-0.15, -0.1) is 0 Å². The molecule has 0 aliphatic heterocycles. The second kappa shape index (κ2) is 10.5. The fraction of sp³-hybridized carbons (Fsp3) is 0.0455. The standard InChI is InChI=1S/C22H16I2N2O4/c1-29-19-11-14(13-25-26-21(27)16-8-5-9-17(23)12-16)10-18(24)20(19)30-22(28)15-6-3-2-4-7-15/h2-13H,1H3,(H,26,27)/b25-13-. The van der Waals surface area contributed by atoms with Crippen molar-refractivity contribution in [2.75, 3.05) is 7.11 Å². The van der Waals surface area contributed by atoms with Crippen molar-refractivity contribution in [3.05, 3.63) is 90.6 Å². The quantitative estimate of drug-likeness (QED) is 0.139. The van der Waals surface area contributed by atoms with Crippen LogP contribution >= 0.6 is 45.2 Å². The Hall–Kier alpha value is -2.47. The zero-order valence-electron chi connectivity index (χ0n) is 15.8. The van der Waals surface area contributed by atoms with Gasteiger partial charge in [-0.05, 0) is 93.2 Å². The molecule has 152 valence electrons. The van der Waals surface area contributed by atoms with Crippen LogP contribution < -0.4 is 14.9 Å². The van der Waals surface area contributed by atoms with Crippen molar-refractivity contribution >= 4 is 63.3 Å². The molecule has 0 bridgehead atoms. The first-order valence-corrected chi connectivity index (χ1v) is 10.9. The molecule has 0 heterocycles. The number of hydrogen-bond donors (Lipinski definition) is 1. The van der Waals surface area contributed by atoms with Crippen LogP contribution in [0.3, 0.4) is 0 Å². The molecule has 6 nitrogen and oxygen atoms in total. The fourth-order valence-electron chi connectivity index (χ4n) is 2.50. The summed E-state index contributed by atoms with van der Waals surface area (Å²) in [5.74, 6) is -0.0681. The number of nitrogens with one attached hydrogen (secondary N) is 1. The second-order valence-corrected chi connectivity index (χ2v) is 8.41. The lowest BCUT2D eigenvalue weighted by atomic mass is 10.2. The molecular weight excluding hydrogens is 610 g/mol. The number of nitrogens with zero attached hydrogens (tertiary/aromatic N) is 1. The lowest BCUT2D eigenvalue weighted by Gasteiger charge is -2.12.